The van der Waals surface area contributed by atoms with Gasteiger partial charge in [-0.1, -0.05) is 53.5 Å². The number of carbonyl (C=O) groups excluding carboxylic acids is 2. The molecular formula is C23H15Cl2NO3. The normalized spacial score (nSPS) is 18.3. The van der Waals surface area contributed by atoms with Gasteiger partial charge in [0.1, 0.15) is 5.76 Å². The largest absolute Gasteiger partial charge is 0.507 e. The van der Waals surface area contributed by atoms with Crippen molar-refractivity contribution in [1.82, 2.24) is 0 Å². The van der Waals surface area contributed by atoms with E-state index >= 15 is 0 Å². The van der Waals surface area contributed by atoms with Crippen molar-refractivity contribution in [1.29, 1.82) is 0 Å². The van der Waals surface area contributed by atoms with E-state index in [2.05, 4.69) is 0 Å². The van der Waals surface area contributed by atoms with Crippen molar-refractivity contribution in [3.05, 3.63) is 106 Å². The van der Waals surface area contributed by atoms with Gasteiger partial charge in [-0.25, -0.2) is 0 Å². The summed E-state index contributed by atoms with van der Waals surface area (Å²) in [5, 5.41) is 12.0. The first-order chi connectivity index (χ1) is 14.0. The summed E-state index contributed by atoms with van der Waals surface area (Å²) in [4.78, 5) is 27.3. The molecule has 6 heteroatoms. The van der Waals surface area contributed by atoms with Crippen molar-refractivity contribution in [3.8, 4) is 0 Å². The Kier molecular flexibility index (Phi) is 5.14. The molecule has 1 aliphatic heterocycles. The molecule has 4 nitrogen and oxygen atoms in total. The molecule has 1 heterocycles. The Hall–Kier alpha value is -3.08. The fourth-order valence-corrected chi connectivity index (χ4v) is 3.66. The van der Waals surface area contributed by atoms with Gasteiger partial charge in [-0.3, -0.25) is 14.5 Å². The Labute approximate surface area is 177 Å². The van der Waals surface area contributed by atoms with Crippen LogP contribution >= 0.6 is 23.2 Å². The minimum atomic E-state index is -0.787. The molecule has 0 saturated carbocycles. The average molecular weight is 424 g/mol. The number of hydrogen-bond acceptors (Lipinski definition) is 3. The van der Waals surface area contributed by atoms with Crippen LogP contribution in [0.25, 0.3) is 5.76 Å². The number of benzene rings is 3. The number of ketones is 1. The quantitative estimate of drug-likeness (QED) is 0.337. The summed E-state index contributed by atoms with van der Waals surface area (Å²) in [5.41, 5.74) is 1.64. The van der Waals surface area contributed by atoms with Gasteiger partial charge in [0.15, 0.2) is 0 Å². The number of amides is 1. The minimum Gasteiger partial charge on any atom is -0.507 e. The second kappa shape index (κ2) is 7.74. The van der Waals surface area contributed by atoms with Crippen LogP contribution in [0.1, 0.15) is 17.2 Å². The van der Waals surface area contributed by atoms with Gasteiger partial charge in [0.05, 0.1) is 11.6 Å². The van der Waals surface area contributed by atoms with Gasteiger partial charge in [-0.2, -0.15) is 0 Å². The van der Waals surface area contributed by atoms with Crippen LogP contribution in [-0.4, -0.2) is 16.8 Å². The molecule has 3 aromatic rings. The molecule has 4 rings (SSSR count). The third kappa shape index (κ3) is 3.53. The number of halogens is 2. The lowest BCUT2D eigenvalue weighted by Crippen LogP contribution is -2.29. The fourth-order valence-electron chi connectivity index (χ4n) is 3.41. The summed E-state index contributed by atoms with van der Waals surface area (Å²) in [6.07, 6.45) is 0. The molecule has 1 amide bonds. The topological polar surface area (TPSA) is 57.6 Å². The predicted molar refractivity (Wildman–Crippen MR) is 114 cm³/mol. The number of anilines is 1. The molecule has 0 aliphatic carbocycles. The molecule has 0 bridgehead atoms. The van der Waals surface area contributed by atoms with Crippen molar-refractivity contribution in [2.45, 2.75) is 6.04 Å². The number of hydrogen-bond donors (Lipinski definition) is 1. The lowest BCUT2D eigenvalue weighted by atomic mass is 9.95. The van der Waals surface area contributed by atoms with Gasteiger partial charge < -0.3 is 5.11 Å². The maximum atomic E-state index is 13.0. The van der Waals surface area contributed by atoms with E-state index in [1.54, 1.807) is 72.8 Å². The van der Waals surface area contributed by atoms with E-state index < -0.39 is 17.7 Å². The van der Waals surface area contributed by atoms with E-state index in [4.69, 9.17) is 23.2 Å². The van der Waals surface area contributed by atoms with Crippen LogP contribution < -0.4 is 4.90 Å². The number of rotatable bonds is 3. The van der Waals surface area contributed by atoms with Gasteiger partial charge in [-0.05, 0) is 54.1 Å². The second-order valence-electron chi connectivity index (χ2n) is 6.56. The smallest absolute Gasteiger partial charge is 0.300 e. The van der Waals surface area contributed by atoms with E-state index in [0.717, 1.165) is 0 Å². The van der Waals surface area contributed by atoms with Crippen LogP contribution in [0, 0.1) is 0 Å². The number of nitrogens with zero attached hydrogens (tertiary/aromatic N) is 1. The molecule has 1 saturated heterocycles. The fraction of sp³-hybridized carbons (Fsp3) is 0.0435. The molecule has 29 heavy (non-hydrogen) atoms. The second-order valence-corrected chi connectivity index (χ2v) is 7.44. The lowest BCUT2D eigenvalue weighted by Gasteiger charge is -2.25. The van der Waals surface area contributed by atoms with Crippen molar-refractivity contribution >= 4 is 46.3 Å². The minimum absolute atomic E-state index is 0.0171. The highest BCUT2D eigenvalue weighted by molar-refractivity contribution is 6.51. The first-order valence-electron chi connectivity index (χ1n) is 8.85. The molecule has 3 aromatic carbocycles. The summed E-state index contributed by atoms with van der Waals surface area (Å²) in [6, 6.07) is 21.4. The van der Waals surface area contributed by atoms with Crippen LogP contribution in [0.5, 0.6) is 0 Å². The first-order valence-corrected chi connectivity index (χ1v) is 9.60. The van der Waals surface area contributed by atoms with E-state index in [1.807, 2.05) is 6.07 Å². The summed E-state index contributed by atoms with van der Waals surface area (Å²) in [6.45, 7) is 0. The molecule has 1 fully saturated rings. The van der Waals surface area contributed by atoms with Gasteiger partial charge in [0.2, 0.25) is 0 Å². The average Bonchev–Trinajstić information content (AvgIpc) is 3.00. The molecular weight excluding hydrogens is 409 g/mol. The van der Waals surface area contributed by atoms with Gasteiger partial charge >= 0.3 is 0 Å². The number of aliphatic hydroxyl groups excluding tert-OH is 1. The molecule has 1 aliphatic rings. The standard InChI is InChI=1S/C23H15Cl2NO3/c24-16-10-6-14(7-11-16)20-19(21(27)15-8-12-17(25)13-9-15)22(28)23(29)26(20)18-4-2-1-3-5-18/h1-13,20,27H/b21-19+/t20-/m1/s1. The number of Topliss-reactive ketones (excluding diaryl/α,β-unsaturated/α-hetero) is 1. The molecule has 1 N–H and O–H groups in total. The van der Waals surface area contributed by atoms with Crippen LogP contribution in [0.15, 0.2) is 84.4 Å². The zero-order valence-corrected chi connectivity index (χ0v) is 16.6. The van der Waals surface area contributed by atoms with Crippen LogP contribution in [0.3, 0.4) is 0 Å². The van der Waals surface area contributed by atoms with Crippen LogP contribution in [0.4, 0.5) is 5.69 Å². The third-order valence-corrected chi connectivity index (χ3v) is 5.29. The molecule has 1 atom stereocenters. The first kappa shape index (κ1) is 19.2. The van der Waals surface area contributed by atoms with Gasteiger partial charge in [0.25, 0.3) is 11.7 Å². The van der Waals surface area contributed by atoms with Gasteiger partial charge in [-0.15, -0.1) is 0 Å². The Morgan fingerprint density at radius 1 is 0.793 bits per heavy atom. The lowest BCUT2D eigenvalue weighted by molar-refractivity contribution is -0.132. The van der Waals surface area contributed by atoms with Gasteiger partial charge in [0, 0.05) is 21.3 Å². The SMILES string of the molecule is O=C1C(=O)N(c2ccccc2)[C@H](c2ccc(Cl)cc2)/C1=C(\O)c1ccc(Cl)cc1. The van der Waals surface area contributed by atoms with Crippen LogP contribution in [-0.2, 0) is 9.59 Å². The van der Waals surface area contributed by atoms with Crippen molar-refractivity contribution in [2.24, 2.45) is 0 Å². The number of aliphatic hydroxyl groups is 1. The molecule has 144 valence electrons. The highest BCUT2D eigenvalue weighted by atomic mass is 35.5. The predicted octanol–water partition coefficient (Wildman–Crippen LogP) is 5.62. The summed E-state index contributed by atoms with van der Waals surface area (Å²) in [7, 11) is 0. The summed E-state index contributed by atoms with van der Waals surface area (Å²) < 4.78 is 0. The maximum Gasteiger partial charge on any atom is 0.300 e. The zero-order chi connectivity index (χ0) is 20.5. The monoisotopic (exact) mass is 423 g/mol. The van der Waals surface area contributed by atoms with Crippen molar-refractivity contribution in [3.63, 3.8) is 0 Å². The van der Waals surface area contributed by atoms with Crippen molar-refractivity contribution < 1.29 is 14.7 Å². The Bertz CT molecular complexity index is 1110. The maximum absolute atomic E-state index is 13.0. The van der Waals surface area contributed by atoms with Crippen LogP contribution in [0.2, 0.25) is 10.0 Å². The molecule has 0 aromatic heterocycles. The van der Waals surface area contributed by atoms with E-state index in [1.165, 1.54) is 4.90 Å². The zero-order valence-electron chi connectivity index (χ0n) is 15.0. The Morgan fingerprint density at radius 3 is 1.93 bits per heavy atom. The Morgan fingerprint density at radius 2 is 1.34 bits per heavy atom. The van der Waals surface area contributed by atoms with E-state index in [9.17, 15) is 14.7 Å². The molecule has 0 radical (unpaired) electrons. The number of carbonyl (C=O) groups is 2. The summed E-state index contributed by atoms with van der Waals surface area (Å²) in [5.74, 6) is -1.70. The molecule has 0 unspecified atom stereocenters. The van der Waals surface area contributed by atoms with E-state index in [0.29, 0.717) is 26.9 Å². The molecule has 0 spiro atoms. The highest BCUT2D eigenvalue weighted by Gasteiger charge is 2.46. The number of para-hydroxylation sites is 1. The van der Waals surface area contributed by atoms with E-state index in [-0.39, 0.29) is 11.3 Å². The summed E-state index contributed by atoms with van der Waals surface area (Å²) >= 11 is 11.9. The van der Waals surface area contributed by atoms with Crippen molar-refractivity contribution in [2.75, 3.05) is 4.90 Å². The highest BCUT2D eigenvalue weighted by Crippen LogP contribution is 2.42. The third-order valence-electron chi connectivity index (χ3n) is 4.78. The Balaban J connectivity index is 1.94.